The van der Waals surface area contributed by atoms with E-state index >= 15 is 0 Å². The molecule has 7 nitrogen and oxygen atoms in total. The quantitative estimate of drug-likeness (QED) is 0.648. The second-order valence-electron chi connectivity index (χ2n) is 4.90. The summed E-state index contributed by atoms with van der Waals surface area (Å²) in [5.74, 6) is -2.47. The summed E-state index contributed by atoms with van der Waals surface area (Å²) in [5.41, 5.74) is 13.5. The van der Waals surface area contributed by atoms with E-state index in [-0.39, 0.29) is 11.6 Å². The van der Waals surface area contributed by atoms with Gasteiger partial charge in [0.05, 0.1) is 11.3 Å². The van der Waals surface area contributed by atoms with Crippen molar-refractivity contribution in [1.29, 1.82) is 5.26 Å². The Labute approximate surface area is 146 Å². The molecule has 2 rings (SSSR count). The first kappa shape index (κ1) is 20.7. The number of nitrogens with zero attached hydrogens (tertiary/aromatic N) is 2. The van der Waals surface area contributed by atoms with Crippen LogP contribution in [0.2, 0.25) is 0 Å². The molecule has 0 spiro atoms. The van der Waals surface area contributed by atoms with Gasteiger partial charge in [-0.15, -0.1) is 0 Å². The van der Waals surface area contributed by atoms with E-state index in [0.717, 1.165) is 5.56 Å². The first-order valence-electron chi connectivity index (χ1n) is 7.09. The summed E-state index contributed by atoms with van der Waals surface area (Å²) >= 11 is 0. The number of nitrogens with two attached hydrogens (primary N) is 2. The van der Waals surface area contributed by atoms with Crippen molar-refractivity contribution in [1.82, 2.24) is 4.98 Å². The lowest BCUT2D eigenvalue weighted by molar-refractivity contribution is -0.192. The zero-order valence-electron chi connectivity index (χ0n) is 13.3. The third-order valence-corrected chi connectivity index (χ3v) is 3.08. The van der Waals surface area contributed by atoms with Gasteiger partial charge in [0.2, 0.25) is 0 Å². The van der Waals surface area contributed by atoms with Crippen LogP contribution in [0.5, 0.6) is 5.75 Å². The zero-order chi connectivity index (χ0) is 19.9. The molecule has 2 aromatic rings. The molecule has 0 unspecified atom stereocenters. The van der Waals surface area contributed by atoms with Crippen molar-refractivity contribution in [3.05, 3.63) is 41.5 Å². The van der Waals surface area contributed by atoms with Gasteiger partial charge in [0, 0.05) is 5.56 Å². The predicted octanol–water partition coefficient (Wildman–Crippen LogP) is 2.04. The number of halogens is 3. The van der Waals surface area contributed by atoms with Crippen LogP contribution in [0.15, 0.2) is 30.3 Å². The van der Waals surface area contributed by atoms with Gasteiger partial charge in [0.1, 0.15) is 17.6 Å². The van der Waals surface area contributed by atoms with E-state index in [4.69, 9.17) is 26.6 Å². The summed E-state index contributed by atoms with van der Waals surface area (Å²) in [4.78, 5) is 13.1. The number of phenols is 1. The van der Waals surface area contributed by atoms with Gasteiger partial charge in [-0.3, -0.25) is 0 Å². The van der Waals surface area contributed by atoms with Crippen LogP contribution < -0.4 is 11.5 Å². The van der Waals surface area contributed by atoms with E-state index < -0.39 is 12.1 Å². The molecule has 0 aliphatic heterocycles. The molecule has 138 valence electrons. The van der Waals surface area contributed by atoms with Crippen LogP contribution in [-0.4, -0.2) is 33.9 Å². The van der Waals surface area contributed by atoms with Crippen molar-refractivity contribution >= 4 is 11.8 Å². The van der Waals surface area contributed by atoms with Gasteiger partial charge >= 0.3 is 12.1 Å². The van der Waals surface area contributed by atoms with Gasteiger partial charge in [-0.2, -0.15) is 18.4 Å². The standard InChI is InChI=1S/C14H14N4O.C2HF3O2/c15-6-5-9-7-12(18-14(17)11(9)8-16)10-3-1-2-4-13(10)19;3-2(4,5)1(6)7/h1-4,7,19H,5-6,15H2,(H2,17,18);(H,6,7). The number of phenolic OH excluding ortho intramolecular Hbond substituents is 1. The average molecular weight is 368 g/mol. The maximum absolute atomic E-state index is 10.6. The van der Waals surface area contributed by atoms with Gasteiger partial charge in [0.25, 0.3) is 0 Å². The SMILES string of the molecule is N#Cc1c(CCN)cc(-c2ccccc2O)nc1N.O=C(O)C(F)(F)F. The molecule has 10 heteroatoms. The number of benzene rings is 1. The number of nitriles is 1. The second-order valence-corrected chi connectivity index (χ2v) is 4.90. The fraction of sp³-hybridized carbons (Fsp3) is 0.188. The van der Waals surface area contributed by atoms with Crippen LogP contribution in [-0.2, 0) is 11.2 Å². The van der Waals surface area contributed by atoms with E-state index in [0.29, 0.717) is 29.8 Å². The number of carbonyl (C=O) groups is 1. The highest BCUT2D eigenvalue weighted by molar-refractivity contribution is 5.73. The van der Waals surface area contributed by atoms with E-state index in [2.05, 4.69) is 4.98 Å². The van der Waals surface area contributed by atoms with Crippen molar-refractivity contribution in [2.24, 2.45) is 5.73 Å². The smallest absolute Gasteiger partial charge is 0.490 e. The van der Waals surface area contributed by atoms with Gasteiger partial charge in [-0.05, 0) is 36.7 Å². The number of aromatic hydroxyl groups is 1. The molecule has 0 fully saturated rings. The Morgan fingerprint density at radius 1 is 1.31 bits per heavy atom. The normalized spacial score (nSPS) is 10.4. The Morgan fingerprint density at radius 3 is 2.35 bits per heavy atom. The fourth-order valence-corrected chi connectivity index (χ4v) is 1.93. The molecule has 0 bridgehead atoms. The number of pyridine rings is 1. The highest BCUT2D eigenvalue weighted by atomic mass is 19.4. The summed E-state index contributed by atoms with van der Waals surface area (Å²) in [6.07, 6.45) is -4.55. The largest absolute Gasteiger partial charge is 0.507 e. The molecule has 26 heavy (non-hydrogen) atoms. The minimum atomic E-state index is -5.08. The third-order valence-electron chi connectivity index (χ3n) is 3.08. The van der Waals surface area contributed by atoms with Crippen LogP contribution in [0.25, 0.3) is 11.3 Å². The summed E-state index contributed by atoms with van der Waals surface area (Å²) in [6, 6.07) is 10.6. The first-order chi connectivity index (χ1) is 12.1. The number of aliphatic carboxylic acids is 1. The van der Waals surface area contributed by atoms with Crippen LogP contribution >= 0.6 is 0 Å². The lowest BCUT2D eigenvalue weighted by Crippen LogP contribution is -2.21. The number of para-hydroxylation sites is 1. The summed E-state index contributed by atoms with van der Waals surface area (Å²) in [7, 11) is 0. The van der Waals surface area contributed by atoms with Crippen molar-refractivity contribution < 1.29 is 28.2 Å². The lowest BCUT2D eigenvalue weighted by atomic mass is 10.0. The van der Waals surface area contributed by atoms with Crippen LogP contribution in [0, 0.1) is 11.3 Å². The number of alkyl halides is 3. The van der Waals surface area contributed by atoms with Crippen molar-refractivity contribution in [2.45, 2.75) is 12.6 Å². The van der Waals surface area contributed by atoms with Crippen molar-refractivity contribution in [3.8, 4) is 23.1 Å². The second kappa shape index (κ2) is 8.68. The summed E-state index contributed by atoms with van der Waals surface area (Å²) < 4.78 is 31.7. The van der Waals surface area contributed by atoms with Crippen LogP contribution in [0.1, 0.15) is 11.1 Å². The van der Waals surface area contributed by atoms with E-state index in [1.165, 1.54) is 0 Å². The predicted molar refractivity (Wildman–Crippen MR) is 86.9 cm³/mol. The number of hydrogen-bond donors (Lipinski definition) is 4. The molecule has 0 atom stereocenters. The molecule has 0 aliphatic rings. The third kappa shape index (κ3) is 5.35. The minimum absolute atomic E-state index is 0.123. The Kier molecular flexibility index (Phi) is 6.92. The van der Waals surface area contributed by atoms with E-state index in [1.54, 1.807) is 30.3 Å². The molecule has 1 aromatic heterocycles. The molecule has 0 aliphatic carbocycles. The van der Waals surface area contributed by atoms with Crippen molar-refractivity contribution in [2.75, 3.05) is 12.3 Å². The number of aromatic nitrogens is 1. The highest BCUT2D eigenvalue weighted by Gasteiger charge is 2.38. The lowest BCUT2D eigenvalue weighted by Gasteiger charge is -2.10. The Bertz CT molecular complexity index is 832. The molecule has 0 amide bonds. The number of anilines is 1. The number of nitrogen functional groups attached to an aromatic ring is 1. The summed E-state index contributed by atoms with van der Waals surface area (Å²) in [5, 5.41) is 26.0. The average Bonchev–Trinajstić information content (AvgIpc) is 2.55. The Balaban J connectivity index is 0.000000412. The monoisotopic (exact) mass is 368 g/mol. The molecule has 0 saturated heterocycles. The maximum atomic E-state index is 10.6. The summed E-state index contributed by atoms with van der Waals surface area (Å²) in [6.45, 7) is 0.415. The van der Waals surface area contributed by atoms with E-state index in [1.807, 2.05) is 6.07 Å². The number of carboxylic acid groups (broad SMARTS) is 1. The molecule has 6 N–H and O–H groups in total. The van der Waals surface area contributed by atoms with Gasteiger partial charge < -0.3 is 21.7 Å². The topological polar surface area (TPSA) is 146 Å². The zero-order valence-corrected chi connectivity index (χ0v) is 13.3. The van der Waals surface area contributed by atoms with Gasteiger partial charge in [0.15, 0.2) is 0 Å². The molecular weight excluding hydrogens is 353 g/mol. The van der Waals surface area contributed by atoms with Crippen molar-refractivity contribution in [3.63, 3.8) is 0 Å². The molecular formula is C16H15F3N4O3. The number of carboxylic acids is 1. The molecule has 0 saturated carbocycles. The van der Waals surface area contributed by atoms with Gasteiger partial charge in [-0.1, -0.05) is 12.1 Å². The minimum Gasteiger partial charge on any atom is -0.507 e. The molecule has 0 radical (unpaired) electrons. The van der Waals surface area contributed by atoms with Crippen LogP contribution in [0.4, 0.5) is 19.0 Å². The Hall–Kier alpha value is -3.32. The van der Waals surface area contributed by atoms with Crippen LogP contribution in [0.3, 0.4) is 0 Å². The molecule has 1 aromatic carbocycles. The molecule has 1 heterocycles. The number of hydrogen-bond acceptors (Lipinski definition) is 6. The number of rotatable bonds is 3. The Morgan fingerprint density at radius 2 is 1.88 bits per heavy atom. The first-order valence-corrected chi connectivity index (χ1v) is 7.09. The fourth-order valence-electron chi connectivity index (χ4n) is 1.93. The maximum Gasteiger partial charge on any atom is 0.490 e. The van der Waals surface area contributed by atoms with E-state index in [9.17, 15) is 18.3 Å². The van der Waals surface area contributed by atoms with Gasteiger partial charge in [-0.25, -0.2) is 9.78 Å². The highest BCUT2D eigenvalue weighted by Crippen LogP contribution is 2.30.